The van der Waals surface area contributed by atoms with E-state index in [0.717, 1.165) is 30.2 Å². The Bertz CT molecular complexity index is 488. The van der Waals surface area contributed by atoms with Crippen molar-refractivity contribution in [3.8, 4) is 5.82 Å². The van der Waals surface area contributed by atoms with Crippen LogP contribution in [-0.2, 0) is 6.42 Å². The molecule has 0 unspecified atom stereocenters. The van der Waals surface area contributed by atoms with Crippen LogP contribution in [-0.4, -0.2) is 19.5 Å². The number of aromatic nitrogens is 4. The van der Waals surface area contributed by atoms with Crippen molar-refractivity contribution in [2.45, 2.75) is 39.5 Å². The molecule has 2 rings (SSSR count). The maximum absolute atomic E-state index is 4.36. The summed E-state index contributed by atoms with van der Waals surface area (Å²) in [4.78, 5) is 13.0. The third kappa shape index (κ3) is 2.52. The van der Waals surface area contributed by atoms with Gasteiger partial charge >= 0.3 is 0 Å². The Balaban J connectivity index is 2.38. The molecule has 0 aliphatic carbocycles. The molecule has 2 aromatic heterocycles. The second-order valence-electron chi connectivity index (χ2n) is 4.42. The normalized spacial score (nSPS) is 11.1. The molecule has 4 heteroatoms. The van der Waals surface area contributed by atoms with E-state index in [1.54, 1.807) is 6.33 Å². The Morgan fingerprint density at radius 1 is 1.24 bits per heavy atom. The molecule has 17 heavy (non-hydrogen) atoms. The van der Waals surface area contributed by atoms with Crippen LogP contribution in [0.2, 0.25) is 0 Å². The predicted octanol–water partition coefficient (Wildman–Crippen LogP) is 2.74. The van der Waals surface area contributed by atoms with Crippen LogP contribution < -0.4 is 0 Å². The van der Waals surface area contributed by atoms with Gasteiger partial charge in [0, 0.05) is 30.6 Å². The largest absolute Gasteiger partial charge is 0.288 e. The maximum Gasteiger partial charge on any atom is 0.141 e. The number of hydrogen-bond donors (Lipinski definition) is 0. The average Bonchev–Trinajstić information content (AvgIpc) is 2.78. The van der Waals surface area contributed by atoms with Gasteiger partial charge in [-0.3, -0.25) is 4.57 Å². The standard InChI is InChI=1S/C13H18N4/c1-4-5-12-14-6-7-17(12)13-8-11(10(2)3)15-9-16-13/h6-10H,4-5H2,1-3H3. The summed E-state index contributed by atoms with van der Waals surface area (Å²) in [7, 11) is 0. The summed E-state index contributed by atoms with van der Waals surface area (Å²) in [6.07, 6.45) is 7.45. The number of aryl methyl sites for hydroxylation is 1. The Hall–Kier alpha value is -1.71. The summed E-state index contributed by atoms with van der Waals surface area (Å²) < 4.78 is 2.04. The van der Waals surface area contributed by atoms with Gasteiger partial charge in [-0.25, -0.2) is 15.0 Å². The van der Waals surface area contributed by atoms with Crippen LogP contribution in [0.1, 0.15) is 44.6 Å². The van der Waals surface area contributed by atoms with E-state index in [9.17, 15) is 0 Å². The Morgan fingerprint density at radius 3 is 2.76 bits per heavy atom. The van der Waals surface area contributed by atoms with Crippen molar-refractivity contribution in [2.24, 2.45) is 0 Å². The highest BCUT2D eigenvalue weighted by atomic mass is 15.1. The van der Waals surface area contributed by atoms with Crippen molar-refractivity contribution in [3.63, 3.8) is 0 Å². The van der Waals surface area contributed by atoms with Gasteiger partial charge in [-0.2, -0.15) is 0 Å². The van der Waals surface area contributed by atoms with E-state index in [1.807, 2.05) is 23.0 Å². The van der Waals surface area contributed by atoms with Crippen molar-refractivity contribution in [1.82, 2.24) is 19.5 Å². The topological polar surface area (TPSA) is 43.6 Å². The smallest absolute Gasteiger partial charge is 0.141 e. The van der Waals surface area contributed by atoms with Crippen LogP contribution in [0.15, 0.2) is 24.8 Å². The van der Waals surface area contributed by atoms with E-state index in [-0.39, 0.29) is 0 Å². The second kappa shape index (κ2) is 5.08. The van der Waals surface area contributed by atoms with E-state index in [4.69, 9.17) is 0 Å². The van der Waals surface area contributed by atoms with Crippen molar-refractivity contribution in [2.75, 3.05) is 0 Å². The molecule has 0 saturated carbocycles. The first-order valence-electron chi connectivity index (χ1n) is 6.07. The summed E-state index contributed by atoms with van der Waals surface area (Å²) in [5.41, 5.74) is 1.06. The highest BCUT2D eigenvalue weighted by Crippen LogP contribution is 2.15. The third-order valence-electron chi connectivity index (χ3n) is 2.70. The number of rotatable bonds is 4. The van der Waals surface area contributed by atoms with Crippen LogP contribution in [0.4, 0.5) is 0 Å². The van der Waals surface area contributed by atoms with Crippen molar-refractivity contribution in [1.29, 1.82) is 0 Å². The maximum atomic E-state index is 4.36. The van der Waals surface area contributed by atoms with Gasteiger partial charge in [0.15, 0.2) is 0 Å². The lowest BCUT2D eigenvalue weighted by Crippen LogP contribution is -2.04. The van der Waals surface area contributed by atoms with Crippen LogP contribution in [0.3, 0.4) is 0 Å². The van der Waals surface area contributed by atoms with Crippen molar-refractivity contribution < 1.29 is 0 Å². The highest BCUT2D eigenvalue weighted by molar-refractivity contribution is 5.27. The first-order valence-corrected chi connectivity index (χ1v) is 6.07. The summed E-state index contributed by atoms with van der Waals surface area (Å²) in [6.45, 7) is 6.42. The van der Waals surface area contributed by atoms with Gasteiger partial charge in [0.1, 0.15) is 18.0 Å². The molecule has 90 valence electrons. The lowest BCUT2D eigenvalue weighted by Gasteiger charge is -2.09. The molecule has 0 amide bonds. The molecular weight excluding hydrogens is 212 g/mol. The SMILES string of the molecule is CCCc1nccn1-c1cc(C(C)C)ncn1. The highest BCUT2D eigenvalue weighted by Gasteiger charge is 2.08. The molecule has 0 saturated heterocycles. The minimum atomic E-state index is 0.412. The molecule has 4 nitrogen and oxygen atoms in total. The molecule has 0 radical (unpaired) electrons. The monoisotopic (exact) mass is 230 g/mol. The first-order chi connectivity index (χ1) is 8.22. The molecule has 2 aromatic rings. The Morgan fingerprint density at radius 2 is 2.06 bits per heavy atom. The minimum absolute atomic E-state index is 0.412. The molecule has 0 bridgehead atoms. The van der Waals surface area contributed by atoms with Gasteiger partial charge < -0.3 is 0 Å². The van der Waals surface area contributed by atoms with Crippen LogP contribution in [0.25, 0.3) is 5.82 Å². The fourth-order valence-corrected chi connectivity index (χ4v) is 1.76. The summed E-state index contributed by atoms with van der Waals surface area (Å²) in [5, 5.41) is 0. The quantitative estimate of drug-likeness (QED) is 0.811. The third-order valence-corrected chi connectivity index (χ3v) is 2.70. The fourth-order valence-electron chi connectivity index (χ4n) is 1.76. The first kappa shape index (κ1) is 11.8. The van der Waals surface area contributed by atoms with Gasteiger partial charge in [0.25, 0.3) is 0 Å². The van der Waals surface area contributed by atoms with E-state index in [0.29, 0.717) is 5.92 Å². The van der Waals surface area contributed by atoms with Crippen molar-refractivity contribution >= 4 is 0 Å². The van der Waals surface area contributed by atoms with E-state index in [2.05, 4.69) is 35.7 Å². The van der Waals surface area contributed by atoms with Gasteiger partial charge in [-0.1, -0.05) is 20.8 Å². The number of nitrogens with zero attached hydrogens (tertiary/aromatic N) is 4. The van der Waals surface area contributed by atoms with Crippen LogP contribution in [0, 0.1) is 0 Å². The second-order valence-corrected chi connectivity index (χ2v) is 4.42. The van der Waals surface area contributed by atoms with E-state index >= 15 is 0 Å². The molecular formula is C13H18N4. The minimum Gasteiger partial charge on any atom is -0.288 e. The Kier molecular flexibility index (Phi) is 3.52. The zero-order chi connectivity index (χ0) is 12.3. The van der Waals surface area contributed by atoms with Gasteiger partial charge in [-0.15, -0.1) is 0 Å². The van der Waals surface area contributed by atoms with Crippen molar-refractivity contribution in [3.05, 3.63) is 36.3 Å². The molecule has 2 heterocycles. The van der Waals surface area contributed by atoms with Gasteiger partial charge in [0.05, 0.1) is 0 Å². The molecule has 0 aromatic carbocycles. The lowest BCUT2D eigenvalue weighted by atomic mass is 10.1. The Labute approximate surface area is 102 Å². The number of imidazole rings is 1. The van der Waals surface area contributed by atoms with Gasteiger partial charge in [-0.05, 0) is 12.3 Å². The molecule has 0 atom stereocenters. The average molecular weight is 230 g/mol. The molecule has 0 spiro atoms. The molecule has 0 aliphatic heterocycles. The zero-order valence-electron chi connectivity index (χ0n) is 10.6. The fraction of sp³-hybridized carbons (Fsp3) is 0.462. The summed E-state index contributed by atoms with van der Waals surface area (Å²) in [6, 6.07) is 2.03. The summed E-state index contributed by atoms with van der Waals surface area (Å²) >= 11 is 0. The lowest BCUT2D eigenvalue weighted by molar-refractivity contribution is 0.775. The molecule has 0 aliphatic rings. The summed E-state index contributed by atoms with van der Waals surface area (Å²) in [5.74, 6) is 2.38. The van der Waals surface area contributed by atoms with E-state index in [1.165, 1.54) is 0 Å². The number of hydrogen-bond acceptors (Lipinski definition) is 3. The molecule has 0 fully saturated rings. The predicted molar refractivity (Wildman–Crippen MR) is 67.2 cm³/mol. The van der Waals surface area contributed by atoms with Crippen LogP contribution in [0.5, 0.6) is 0 Å². The molecule has 0 N–H and O–H groups in total. The van der Waals surface area contributed by atoms with E-state index < -0.39 is 0 Å². The zero-order valence-corrected chi connectivity index (χ0v) is 10.6. The van der Waals surface area contributed by atoms with Crippen LogP contribution >= 0.6 is 0 Å². The van der Waals surface area contributed by atoms with Gasteiger partial charge in [0.2, 0.25) is 0 Å².